The summed E-state index contributed by atoms with van der Waals surface area (Å²) in [5.74, 6) is 0.907. The van der Waals surface area contributed by atoms with Crippen LogP contribution >= 0.6 is 0 Å². The number of rotatable bonds is 5. The lowest BCUT2D eigenvalue weighted by molar-refractivity contribution is 0.481. The molecule has 1 heterocycles. The number of hydrogen-bond acceptors (Lipinski definition) is 5. The fourth-order valence-corrected chi connectivity index (χ4v) is 1.59. The predicted molar refractivity (Wildman–Crippen MR) is 82.9 cm³/mol. The Labute approximate surface area is 123 Å². The number of oxazole rings is 1. The number of nitrogens with zero attached hydrogens (tertiary/aromatic N) is 3. The topological polar surface area (TPSA) is 74.2 Å². The van der Waals surface area contributed by atoms with Gasteiger partial charge < -0.3 is 4.42 Å². The molecule has 0 saturated carbocycles. The second-order valence-corrected chi connectivity index (χ2v) is 4.66. The van der Waals surface area contributed by atoms with Crippen LogP contribution in [0.2, 0.25) is 0 Å². The molecule has 2 aromatic rings. The largest absolute Gasteiger partial charge is 0.422 e. The summed E-state index contributed by atoms with van der Waals surface area (Å²) >= 11 is 0. The fourth-order valence-electron chi connectivity index (χ4n) is 1.59. The summed E-state index contributed by atoms with van der Waals surface area (Å²) in [6.07, 6.45) is 5.32. The van der Waals surface area contributed by atoms with E-state index in [4.69, 9.17) is 9.68 Å². The van der Waals surface area contributed by atoms with E-state index in [1.165, 1.54) is 0 Å². The maximum absolute atomic E-state index is 8.99. The molecular formula is C16H16N4O. The molecule has 21 heavy (non-hydrogen) atoms. The molecule has 0 amide bonds. The van der Waals surface area contributed by atoms with Gasteiger partial charge in [-0.3, -0.25) is 0 Å². The Balaban J connectivity index is 1.98. The first-order valence-electron chi connectivity index (χ1n) is 6.62. The van der Waals surface area contributed by atoms with Crippen LogP contribution in [-0.4, -0.2) is 11.2 Å². The molecule has 2 rings (SSSR count). The third-order valence-electron chi connectivity index (χ3n) is 2.66. The molecule has 0 aliphatic carbocycles. The maximum Gasteiger partial charge on any atom is 0.252 e. The van der Waals surface area contributed by atoms with E-state index in [2.05, 4.69) is 15.5 Å². The van der Waals surface area contributed by atoms with Gasteiger partial charge in [0.1, 0.15) is 6.07 Å². The second kappa shape index (κ2) is 7.06. The highest BCUT2D eigenvalue weighted by Crippen LogP contribution is 2.21. The summed E-state index contributed by atoms with van der Waals surface area (Å²) in [6, 6.07) is 11.9. The van der Waals surface area contributed by atoms with E-state index in [0.29, 0.717) is 5.89 Å². The molecule has 0 fully saturated rings. The minimum absolute atomic E-state index is 0.120. The Morgan fingerprint density at radius 1 is 1.33 bits per heavy atom. The van der Waals surface area contributed by atoms with Gasteiger partial charge in [0.2, 0.25) is 11.6 Å². The third-order valence-corrected chi connectivity index (χ3v) is 2.66. The molecule has 1 aromatic heterocycles. The van der Waals surface area contributed by atoms with Crippen LogP contribution in [0.4, 0.5) is 5.88 Å². The molecule has 0 spiro atoms. The molecular weight excluding hydrogens is 264 g/mol. The zero-order valence-electron chi connectivity index (χ0n) is 11.9. The van der Waals surface area contributed by atoms with Crippen molar-refractivity contribution in [3.8, 4) is 6.07 Å². The Morgan fingerprint density at radius 2 is 2.10 bits per heavy atom. The summed E-state index contributed by atoms with van der Waals surface area (Å²) in [5, 5.41) is 13.0. The van der Waals surface area contributed by atoms with Crippen molar-refractivity contribution in [3.63, 3.8) is 0 Å². The number of hydrazone groups is 1. The molecule has 0 atom stereocenters. The van der Waals surface area contributed by atoms with Crippen molar-refractivity contribution in [3.05, 3.63) is 53.6 Å². The smallest absolute Gasteiger partial charge is 0.252 e. The molecule has 0 aliphatic rings. The molecule has 0 unspecified atom stereocenters. The van der Waals surface area contributed by atoms with E-state index in [0.717, 1.165) is 5.56 Å². The van der Waals surface area contributed by atoms with Crippen LogP contribution in [0, 0.1) is 11.3 Å². The number of hydrogen-bond donors (Lipinski definition) is 1. The van der Waals surface area contributed by atoms with Gasteiger partial charge in [0.05, 0.1) is 0 Å². The quantitative estimate of drug-likeness (QED) is 0.668. The lowest BCUT2D eigenvalue weighted by Crippen LogP contribution is -1.89. The van der Waals surface area contributed by atoms with Crippen LogP contribution in [-0.2, 0) is 0 Å². The normalized spacial score (nSPS) is 11.3. The van der Waals surface area contributed by atoms with Crippen LogP contribution in [0.1, 0.15) is 36.9 Å². The van der Waals surface area contributed by atoms with Crippen molar-refractivity contribution in [1.82, 2.24) is 4.98 Å². The number of nitrogens with one attached hydrogen (secondary N) is 1. The SMILES string of the molecule is CC(C)c1nc(C#N)c(NN=CC=Cc2ccccc2)o1. The zero-order valence-corrected chi connectivity index (χ0v) is 11.9. The number of benzene rings is 1. The lowest BCUT2D eigenvalue weighted by atomic mass is 10.2. The summed E-state index contributed by atoms with van der Waals surface area (Å²) in [5.41, 5.74) is 3.99. The molecule has 0 saturated heterocycles. The first-order valence-corrected chi connectivity index (χ1v) is 6.62. The van der Waals surface area contributed by atoms with Crippen molar-refractivity contribution >= 4 is 18.2 Å². The first kappa shape index (κ1) is 14.5. The van der Waals surface area contributed by atoms with Crippen LogP contribution in [0.15, 0.2) is 45.9 Å². The average Bonchev–Trinajstić information content (AvgIpc) is 2.91. The molecule has 0 bridgehead atoms. The van der Waals surface area contributed by atoms with E-state index < -0.39 is 0 Å². The van der Waals surface area contributed by atoms with Crippen molar-refractivity contribution < 1.29 is 4.42 Å². The van der Waals surface area contributed by atoms with E-state index in [1.54, 1.807) is 12.3 Å². The van der Waals surface area contributed by atoms with E-state index >= 15 is 0 Å². The van der Waals surface area contributed by atoms with Gasteiger partial charge in [-0.25, -0.2) is 10.4 Å². The monoisotopic (exact) mass is 280 g/mol. The zero-order chi connectivity index (χ0) is 15.1. The van der Waals surface area contributed by atoms with Crippen molar-refractivity contribution in [1.29, 1.82) is 5.26 Å². The standard InChI is InChI=1S/C16H16N4O/c1-12(2)15-19-14(11-17)16(21-15)20-18-10-6-9-13-7-4-3-5-8-13/h3-10,12,20H,1-2H3. The maximum atomic E-state index is 8.99. The molecule has 5 nitrogen and oxygen atoms in total. The van der Waals surface area contributed by atoms with Crippen LogP contribution in [0.3, 0.4) is 0 Å². The van der Waals surface area contributed by atoms with E-state index in [1.807, 2.05) is 56.3 Å². The van der Waals surface area contributed by atoms with Gasteiger partial charge in [-0.1, -0.05) is 50.3 Å². The van der Waals surface area contributed by atoms with Gasteiger partial charge in [0.25, 0.3) is 5.88 Å². The highest BCUT2D eigenvalue weighted by molar-refractivity contribution is 5.78. The van der Waals surface area contributed by atoms with Gasteiger partial charge in [-0.05, 0) is 11.6 Å². The highest BCUT2D eigenvalue weighted by atomic mass is 16.4. The molecule has 1 N–H and O–H groups in total. The van der Waals surface area contributed by atoms with E-state index in [-0.39, 0.29) is 17.5 Å². The van der Waals surface area contributed by atoms with Crippen LogP contribution < -0.4 is 5.43 Å². The minimum atomic E-state index is 0.120. The number of anilines is 1. The predicted octanol–water partition coefficient (Wildman–Crippen LogP) is 3.78. The van der Waals surface area contributed by atoms with E-state index in [9.17, 15) is 0 Å². The Hall–Kier alpha value is -2.87. The Kier molecular flexibility index (Phi) is 4.89. The highest BCUT2D eigenvalue weighted by Gasteiger charge is 2.14. The summed E-state index contributed by atoms with van der Waals surface area (Å²) in [7, 11) is 0. The van der Waals surface area contributed by atoms with Gasteiger partial charge >= 0.3 is 0 Å². The second-order valence-electron chi connectivity index (χ2n) is 4.66. The van der Waals surface area contributed by atoms with Gasteiger partial charge in [0, 0.05) is 12.1 Å². The molecule has 5 heteroatoms. The van der Waals surface area contributed by atoms with Crippen LogP contribution in [0.25, 0.3) is 6.08 Å². The number of allylic oxidation sites excluding steroid dienone is 1. The van der Waals surface area contributed by atoms with Crippen molar-refractivity contribution in [2.45, 2.75) is 19.8 Å². The summed E-state index contributed by atoms with van der Waals surface area (Å²) in [4.78, 5) is 4.09. The number of aromatic nitrogens is 1. The third kappa shape index (κ3) is 4.05. The molecule has 0 radical (unpaired) electrons. The minimum Gasteiger partial charge on any atom is -0.422 e. The van der Waals surface area contributed by atoms with Crippen molar-refractivity contribution in [2.75, 3.05) is 5.43 Å². The lowest BCUT2D eigenvalue weighted by Gasteiger charge is -1.95. The number of nitriles is 1. The molecule has 1 aromatic carbocycles. The molecule has 0 aliphatic heterocycles. The average molecular weight is 280 g/mol. The molecule has 106 valence electrons. The van der Waals surface area contributed by atoms with Crippen LogP contribution in [0.5, 0.6) is 0 Å². The fraction of sp³-hybridized carbons (Fsp3) is 0.188. The summed E-state index contributed by atoms with van der Waals surface area (Å²) < 4.78 is 5.45. The first-order chi connectivity index (χ1) is 10.2. The van der Waals surface area contributed by atoms with Gasteiger partial charge in [-0.15, -0.1) is 0 Å². The summed E-state index contributed by atoms with van der Waals surface area (Å²) in [6.45, 7) is 3.89. The van der Waals surface area contributed by atoms with Gasteiger partial charge in [0.15, 0.2) is 0 Å². The van der Waals surface area contributed by atoms with Gasteiger partial charge in [-0.2, -0.15) is 10.4 Å². The Bertz CT molecular complexity index is 678. The van der Waals surface area contributed by atoms with Crippen molar-refractivity contribution in [2.24, 2.45) is 5.10 Å². The Morgan fingerprint density at radius 3 is 2.76 bits per heavy atom.